The van der Waals surface area contributed by atoms with E-state index in [2.05, 4.69) is 0 Å². The van der Waals surface area contributed by atoms with Crippen LogP contribution in [0.25, 0.3) is 0 Å². The number of aliphatic hydroxyl groups is 1. The molecular weight excluding hydrogens is 168 g/mol. The highest BCUT2D eigenvalue weighted by Crippen LogP contribution is 2.29. The smallest absolute Gasteiger partial charge is 0.0842 e. The van der Waals surface area contributed by atoms with E-state index in [1.807, 2.05) is 0 Å². The van der Waals surface area contributed by atoms with E-state index < -0.39 is 0 Å². The van der Waals surface area contributed by atoms with Gasteiger partial charge in [0, 0.05) is 6.61 Å². The first-order valence-electron chi connectivity index (χ1n) is 5.22. The van der Waals surface area contributed by atoms with Crippen LogP contribution in [0, 0.1) is 0 Å². The van der Waals surface area contributed by atoms with Gasteiger partial charge in [0.15, 0.2) is 0 Å². The minimum absolute atomic E-state index is 0.0305. The molecule has 0 saturated carbocycles. The SMILES string of the molecule is CC(O)C1CCC2OCCCC2O1. The van der Waals surface area contributed by atoms with Crippen LogP contribution in [-0.2, 0) is 9.47 Å². The fraction of sp³-hybridized carbons (Fsp3) is 1.00. The summed E-state index contributed by atoms with van der Waals surface area (Å²) < 4.78 is 11.4. The second-order valence-electron chi connectivity index (χ2n) is 4.08. The molecule has 0 bridgehead atoms. The normalized spacial score (nSPS) is 42.5. The second kappa shape index (κ2) is 3.95. The van der Waals surface area contributed by atoms with Crippen LogP contribution in [0.1, 0.15) is 32.6 Å². The molecule has 0 aliphatic carbocycles. The van der Waals surface area contributed by atoms with E-state index in [0.29, 0.717) is 6.10 Å². The Morgan fingerprint density at radius 3 is 2.85 bits per heavy atom. The highest BCUT2D eigenvalue weighted by atomic mass is 16.6. The van der Waals surface area contributed by atoms with Gasteiger partial charge in [-0.1, -0.05) is 0 Å². The summed E-state index contributed by atoms with van der Waals surface area (Å²) in [7, 11) is 0. The van der Waals surface area contributed by atoms with Crippen LogP contribution in [0.3, 0.4) is 0 Å². The average Bonchev–Trinajstić information content (AvgIpc) is 2.17. The molecule has 0 aromatic carbocycles. The zero-order valence-corrected chi connectivity index (χ0v) is 8.11. The first-order chi connectivity index (χ1) is 6.27. The van der Waals surface area contributed by atoms with E-state index in [-0.39, 0.29) is 18.3 Å². The summed E-state index contributed by atoms with van der Waals surface area (Å²) in [5.41, 5.74) is 0. The van der Waals surface area contributed by atoms with Crippen LogP contribution in [-0.4, -0.2) is 36.1 Å². The Hall–Kier alpha value is -0.120. The van der Waals surface area contributed by atoms with Crippen molar-refractivity contribution in [3.8, 4) is 0 Å². The number of aliphatic hydroxyl groups excluding tert-OH is 1. The van der Waals surface area contributed by atoms with Crippen molar-refractivity contribution in [3.63, 3.8) is 0 Å². The fourth-order valence-electron chi connectivity index (χ4n) is 2.21. The molecule has 3 heteroatoms. The third-order valence-corrected chi connectivity index (χ3v) is 3.00. The molecular formula is C10H18O3. The van der Waals surface area contributed by atoms with E-state index in [1.54, 1.807) is 6.92 Å². The second-order valence-corrected chi connectivity index (χ2v) is 4.08. The van der Waals surface area contributed by atoms with Gasteiger partial charge < -0.3 is 14.6 Å². The molecule has 2 aliphatic heterocycles. The molecule has 13 heavy (non-hydrogen) atoms. The van der Waals surface area contributed by atoms with Gasteiger partial charge in [0.1, 0.15) is 0 Å². The Balaban J connectivity index is 1.91. The summed E-state index contributed by atoms with van der Waals surface area (Å²) in [4.78, 5) is 0. The summed E-state index contributed by atoms with van der Waals surface area (Å²) >= 11 is 0. The lowest BCUT2D eigenvalue weighted by Crippen LogP contribution is -2.46. The molecule has 0 spiro atoms. The lowest BCUT2D eigenvalue weighted by atomic mass is 9.94. The van der Waals surface area contributed by atoms with Gasteiger partial charge in [0.25, 0.3) is 0 Å². The minimum atomic E-state index is -0.345. The number of ether oxygens (including phenoxy) is 2. The first kappa shape index (κ1) is 9.44. The lowest BCUT2D eigenvalue weighted by molar-refractivity contribution is -0.183. The van der Waals surface area contributed by atoms with Gasteiger partial charge in [-0.2, -0.15) is 0 Å². The van der Waals surface area contributed by atoms with Crippen molar-refractivity contribution in [2.24, 2.45) is 0 Å². The summed E-state index contributed by atoms with van der Waals surface area (Å²) in [5.74, 6) is 0. The van der Waals surface area contributed by atoms with Gasteiger partial charge in [0.05, 0.1) is 24.4 Å². The Kier molecular flexibility index (Phi) is 2.86. The van der Waals surface area contributed by atoms with Gasteiger partial charge in [-0.25, -0.2) is 0 Å². The Morgan fingerprint density at radius 2 is 2.08 bits per heavy atom. The minimum Gasteiger partial charge on any atom is -0.391 e. The Labute approximate surface area is 79.0 Å². The molecule has 4 unspecified atom stereocenters. The highest BCUT2D eigenvalue weighted by molar-refractivity contribution is 4.83. The van der Waals surface area contributed by atoms with E-state index in [0.717, 1.165) is 32.3 Å². The molecule has 2 rings (SSSR count). The molecule has 1 N–H and O–H groups in total. The zero-order chi connectivity index (χ0) is 9.26. The quantitative estimate of drug-likeness (QED) is 0.666. The maximum Gasteiger partial charge on any atom is 0.0842 e. The largest absolute Gasteiger partial charge is 0.391 e. The molecule has 2 aliphatic rings. The van der Waals surface area contributed by atoms with Crippen molar-refractivity contribution < 1.29 is 14.6 Å². The standard InChI is InChI=1S/C10H18O3/c1-7(11)8-4-5-9-10(13-8)3-2-6-12-9/h7-11H,2-6H2,1H3. The predicted octanol–water partition coefficient (Wildman–Crippen LogP) is 1.09. The molecule has 4 atom stereocenters. The molecule has 0 aromatic heterocycles. The molecule has 2 saturated heterocycles. The topological polar surface area (TPSA) is 38.7 Å². The van der Waals surface area contributed by atoms with Crippen LogP contribution in [0.15, 0.2) is 0 Å². The van der Waals surface area contributed by atoms with E-state index in [4.69, 9.17) is 9.47 Å². The van der Waals surface area contributed by atoms with E-state index in [1.165, 1.54) is 0 Å². The zero-order valence-electron chi connectivity index (χ0n) is 8.11. The van der Waals surface area contributed by atoms with Crippen molar-refractivity contribution >= 4 is 0 Å². The molecule has 0 aromatic rings. The van der Waals surface area contributed by atoms with Crippen molar-refractivity contribution in [3.05, 3.63) is 0 Å². The Bertz CT molecular complexity index is 170. The average molecular weight is 186 g/mol. The molecule has 2 fully saturated rings. The van der Waals surface area contributed by atoms with Gasteiger partial charge >= 0.3 is 0 Å². The van der Waals surface area contributed by atoms with Gasteiger partial charge in [-0.15, -0.1) is 0 Å². The van der Waals surface area contributed by atoms with Crippen molar-refractivity contribution in [2.75, 3.05) is 6.61 Å². The van der Waals surface area contributed by atoms with Crippen LogP contribution < -0.4 is 0 Å². The summed E-state index contributed by atoms with van der Waals surface area (Å²) in [5, 5.41) is 9.40. The number of hydrogen-bond donors (Lipinski definition) is 1. The van der Waals surface area contributed by atoms with Crippen molar-refractivity contribution in [1.29, 1.82) is 0 Å². The maximum absolute atomic E-state index is 9.40. The summed E-state index contributed by atoms with van der Waals surface area (Å²) in [6.07, 6.45) is 4.37. The number of rotatable bonds is 1. The van der Waals surface area contributed by atoms with Crippen molar-refractivity contribution in [1.82, 2.24) is 0 Å². The maximum atomic E-state index is 9.40. The Morgan fingerprint density at radius 1 is 1.23 bits per heavy atom. The summed E-state index contributed by atoms with van der Waals surface area (Å²) in [6, 6.07) is 0. The van der Waals surface area contributed by atoms with Crippen LogP contribution >= 0.6 is 0 Å². The first-order valence-corrected chi connectivity index (χ1v) is 5.22. The van der Waals surface area contributed by atoms with Crippen molar-refractivity contribution in [2.45, 2.75) is 57.0 Å². The monoisotopic (exact) mass is 186 g/mol. The fourth-order valence-corrected chi connectivity index (χ4v) is 2.21. The van der Waals surface area contributed by atoms with E-state index in [9.17, 15) is 5.11 Å². The van der Waals surface area contributed by atoms with E-state index >= 15 is 0 Å². The van der Waals surface area contributed by atoms with Crippen LogP contribution in [0.5, 0.6) is 0 Å². The molecule has 76 valence electrons. The lowest BCUT2D eigenvalue weighted by Gasteiger charge is -2.40. The highest BCUT2D eigenvalue weighted by Gasteiger charge is 2.35. The van der Waals surface area contributed by atoms with Crippen LogP contribution in [0.4, 0.5) is 0 Å². The molecule has 0 radical (unpaired) electrons. The predicted molar refractivity (Wildman–Crippen MR) is 48.5 cm³/mol. The third-order valence-electron chi connectivity index (χ3n) is 3.00. The van der Waals surface area contributed by atoms with Gasteiger partial charge in [0.2, 0.25) is 0 Å². The molecule has 2 heterocycles. The third kappa shape index (κ3) is 2.03. The molecule has 0 amide bonds. The van der Waals surface area contributed by atoms with Gasteiger partial charge in [-0.05, 0) is 32.6 Å². The van der Waals surface area contributed by atoms with Gasteiger partial charge in [-0.3, -0.25) is 0 Å². The number of hydrogen-bond acceptors (Lipinski definition) is 3. The number of fused-ring (bicyclic) bond motifs is 1. The van der Waals surface area contributed by atoms with Crippen LogP contribution in [0.2, 0.25) is 0 Å². The summed E-state index contributed by atoms with van der Waals surface area (Å²) in [6.45, 7) is 2.68. The molecule has 3 nitrogen and oxygen atoms in total.